The number of carbonyl (C=O) groups is 1. The number of aromatic amines is 1. The van der Waals surface area contributed by atoms with Crippen LogP contribution in [0.1, 0.15) is 16.7 Å². The number of alkyl halides is 6. The Hall–Kier alpha value is -2.71. The lowest BCUT2D eigenvalue weighted by atomic mass is 10.0. The number of hydrogen-bond donors (Lipinski definition) is 1. The molecule has 1 saturated heterocycles. The number of nitrogens with zero attached hydrogens (tertiary/aromatic N) is 1. The normalized spacial score (nSPS) is 16.6. The molecule has 9 heteroatoms. The van der Waals surface area contributed by atoms with E-state index in [2.05, 4.69) is 4.98 Å². The lowest BCUT2D eigenvalue weighted by Gasteiger charge is -2.37. The van der Waals surface area contributed by atoms with Crippen LogP contribution in [0.3, 0.4) is 0 Å². The van der Waals surface area contributed by atoms with Crippen molar-refractivity contribution >= 4 is 12.0 Å². The molecule has 2 aromatic rings. The Balaban J connectivity index is 1.78. The summed E-state index contributed by atoms with van der Waals surface area (Å²) in [5, 5.41) is 0. The highest BCUT2D eigenvalue weighted by molar-refractivity contribution is 5.92. The van der Waals surface area contributed by atoms with Gasteiger partial charge in [-0.15, -0.1) is 0 Å². The Bertz CT molecular complexity index is 876. The van der Waals surface area contributed by atoms with Crippen molar-refractivity contribution in [2.24, 2.45) is 0 Å². The van der Waals surface area contributed by atoms with Gasteiger partial charge in [0.05, 0.1) is 18.7 Å². The van der Waals surface area contributed by atoms with E-state index in [4.69, 9.17) is 0 Å². The summed E-state index contributed by atoms with van der Waals surface area (Å²) in [7, 11) is 0. The molecule has 0 unspecified atom stereocenters. The second-order valence-electron chi connectivity index (χ2n) is 6.28. The third-order valence-electron chi connectivity index (χ3n) is 4.07. The summed E-state index contributed by atoms with van der Waals surface area (Å²) in [6.45, 7) is -2.31. The second kappa shape index (κ2) is 6.79. The van der Waals surface area contributed by atoms with Crippen molar-refractivity contribution in [3.05, 3.63) is 53.2 Å². The molecule has 3 nitrogen and oxygen atoms in total. The number of H-pyrrole nitrogens is 1. The molecule has 1 aromatic carbocycles. The van der Waals surface area contributed by atoms with Crippen LogP contribution >= 0.6 is 0 Å². The molecule has 3 rings (SSSR count). The molecule has 0 atom stereocenters. The molecule has 1 aliphatic rings. The zero-order valence-corrected chi connectivity index (χ0v) is 13.8. The minimum Gasteiger partial charge on any atom is -0.361 e. The van der Waals surface area contributed by atoms with Crippen molar-refractivity contribution in [3.8, 4) is 11.3 Å². The van der Waals surface area contributed by atoms with E-state index < -0.39 is 43.3 Å². The highest BCUT2D eigenvalue weighted by Gasteiger charge is 2.45. The fourth-order valence-electron chi connectivity index (χ4n) is 2.70. The molecule has 1 aliphatic heterocycles. The summed E-state index contributed by atoms with van der Waals surface area (Å²) in [6.07, 6.45) is -0.691. The highest BCUT2D eigenvalue weighted by Crippen LogP contribution is 2.34. The number of aromatic nitrogens is 1. The number of nitrogens with one attached hydrogen (secondary N) is 1. The van der Waals surface area contributed by atoms with E-state index >= 15 is 0 Å². The lowest BCUT2D eigenvalue weighted by Crippen LogP contribution is -2.57. The smallest absolute Gasteiger partial charge is 0.361 e. The van der Waals surface area contributed by atoms with E-state index in [1.807, 2.05) is 0 Å². The molecule has 1 N–H and O–H groups in total. The molecular formula is C18H14F6N2O. The van der Waals surface area contributed by atoms with Gasteiger partial charge in [0, 0.05) is 18.0 Å². The molecule has 0 spiro atoms. The molecule has 1 aromatic heterocycles. The van der Waals surface area contributed by atoms with Crippen molar-refractivity contribution in [1.82, 2.24) is 9.88 Å². The third kappa shape index (κ3) is 4.35. The van der Waals surface area contributed by atoms with Crippen LogP contribution in [0.5, 0.6) is 0 Å². The number of hydrogen-bond acceptors (Lipinski definition) is 1. The quantitative estimate of drug-likeness (QED) is 0.600. The number of carbonyl (C=O) groups excluding carboxylic acids is 1. The molecular weight excluding hydrogens is 374 g/mol. The van der Waals surface area contributed by atoms with Crippen LogP contribution in [0.2, 0.25) is 0 Å². The molecule has 27 heavy (non-hydrogen) atoms. The molecule has 144 valence electrons. The zero-order valence-electron chi connectivity index (χ0n) is 13.8. The van der Waals surface area contributed by atoms with Gasteiger partial charge in [0.2, 0.25) is 5.91 Å². The molecule has 0 aliphatic carbocycles. The maximum absolute atomic E-state index is 12.9. The maximum Gasteiger partial charge on any atom is 0.416 e. The Labute approximate surface area is 150 Å². The first kappa shape index (κ1) is 19.1. The van der Waals surface area contributed by atoms with E-state index in [0.29, 0.717) is 11.3 Å². The zero-order chi connectivity index (χ0) is 19.8. The van der Waals surface area contributed by atoms with E-state index in [1.54, 1.807) is 0 Å². The van der Waals surface area contributed by atoms with Gasteiger partial charge in [0.15, 0.2) is 0 Å². The summed E-state index contributed by atoms with van der Waals surface area (Å²) in [4.78, 5) is 15.5. The minimum absolute atomic E-state index is 0.111. The van der Waals surface area contributed by atoms with E-state index in [0.717, 1.165) is 23.1 Å². The largest absolute Gasteiger partial charge is 0.416 e. The fraction of sp³-hybridized carbons (Fsp3) is 0.278. The Morgan fingerprint density at radius 3 is 2.48 bits per heavy atom. The standard InChI is InChI=1S/C18H14F6N2O/c19-7-12-3-13(6-14(4-12)18(22,23)24)15-5-11(8-25-15)1-2-16(27)26-9-17(20,21)10-26/h1-6,8,25H,7,9-10H2/b2-1-. The number of rotatable bonds is 4. The van der Waals surface area contributed by atoms with Crippen LogP contribution in [-0.4, -0.2) is 34.8 Å². The first-order valence-electron chi connectivity index (χ1n) is 7.88. The fourth-order valence-corrected chi connectivity index (χ4v) is 2.70. The maximum atomic E-state index is 12.9. The lowest BCUT2D eigenvalue weighted by molar-refractivity contribution is -0.160. The molecule has 0 bridgehead atoms. The average molecular weight is 388 g/mol. The number of amides is 1. The van der Waals surface area contributed by atoms with Gasteiger partial charge in [-0.05, 0) is 47.0 Å². The first-order valence-corrected chi connectivity index (χ1v) is 7.88. The van der Waals surface area contributed by atoms with Gasteiger partial charge in [-0.2, -0.15) is 13.2 Å². The predicted molar refractivity (Wildman–Crippen MR) is 86.6 cm³/mol. The van der Waals surface area contributed by atoms with Crippen molar-refractivity contribution in [2.45, 2.75) is 18.8 Å². The van der Waals surface area contributed by atoms with Crippen LogP contribution in [-0.2, 0) is 17.6 Å². The summed E-state index contributed by atoms with van der Waals surface area (Å²) in [6, 6.07) is 4.41. The molecule has 2 heterocycles. The summed E-state index contributed by atoms with van der Waals surface area (Å²) < 4.78 is 77.2. The summed E-state index contributed by atoms with van der Waals surface area (Å²) in [5.74, 6) is -3.44. The summed E-state index contributed by atoms with van der Waals surface area (Å²) in [5.41, 5.74) is -0.164. The van der Waals surface area contributed by atoms with Crippen LogP contribution < -0.4 is 0 Å². The third-order valence-corrected chi connectivity index (χ3v) is 4.07. The number of likely N-dealkylation sites (tertiary alicyclic amines) is 1. The SMILES string of the molecule is O=C(/C=C\c1c[nH]c(-c2cc(CF)cc(C(F)(F)F)c2)c1)N1CC(F)(F)C1. The van der Waals surface area contributed by atoms with E-state index in [-0.39, 0.29) is 11.1 Å². The second-order valence-corrected chi connectivity index (χ2v) is 6.28. The van der Waals surface area contributed by atoms with Gasteiger partial charge in [-0.25, -0.2) is 13.2 Å². The van der Waals surface area contributed by atoms with Crippen molar-refractivity contribution < 1.29 is 31.1 Å². The van der Waals surface area contributed by atoms with Gasteiger partial charge in [-0.1, -0.05) is 0 Å². The van der Waals surface area contributed by atoms with Gasteiger partial charge in [-0.3, -0.25) is 4.79 Å². The van der Waals surface area contributed by atoms with E-state index in [9.17, 15) is 31.1 Å². The summed E-state index contributed by atoms with van der Waals surface area (Å²) >= 11 is 0. The first-order chi connectivity index (χ1) is 12.6. The van der Waals surface area contributed by atoms with Gasteiger partial charge >= 0.3 is 6.18 Å². The Kier molecular flexibility index (Phi) is 4.79. The topological polar surface area (TPSA) is 36.1 Å². The number of benzene rings is 1. The van der Waals surface area contributed by atoms with Gasteiger partial charge in [0.25, 0.3) is 5.92 Å². The van der Waals surface area contributed by atoms with E-state index in [1.165, 1.54) is 24.4 Å². The Morgan fingerprint density at radius 1 is 1.19 bits per heavy atom. The highest BCUT2D eigenvalue weighted by atomic mass is 19.4. The van der Waals surface area contributed by atoms with Gasteiger partial charge in [0.1, 0.15) is 6.67 Å². The molecule has 1 fully saturated rings. The Morgan fingerprint density at radius 2 is 1.89 bits per heavy atom. The minimum atomic E-state index is -4.61. The van der Waals surface area contributed by atoms with Crippen LogP contribution in [0.4, 0.5) is 26.3 Å². The van der Waals surface area contributed by atoms with Crippen molar-refractivity contribution in [2.75, 3.05) is 13.1 Å². The average Bonchev–Trinajstić information content (AvgIpc) is 3.05. The molecule has 1 amide bonds. The van der Waals surface area contributed by atoms with Gasteiger partial charge < -0.3 is 9.88 Å². The number of halogens is 6. The van der Waals surface area contributed by atoms with Crippen LogP contribution in [0.15, 0.2) is 36.5 Å². The monoisotopic (exact) mass is 388 g/mol. The van der Waals surface area contributed by atoms with Crippen LogP contribution in [0.25, 0.3) is 17.3 Å². The van der Waals surface area contributed by atoms with Crippen molar-refractivity contribution in [1.29, 1.82) is 0 Å². The predicted octanol–water partition coefficient (Wildman–Crippen LogP) is 4.66. The van der Waals surface area contributed by atoms with Crippen molar-refractivity contribution in [3.63, 3.8) is 0 Å². The molecule has 0 radical (unpaired) electrons. The molecule has 0 saturated carbocycles. The van der Waals surface area contributed by atoms with Crippen LogP contribution in [0, 0.1) is 0 Å².